The molecule has 3 aromatic rings. The third-order valence-electron chi connectivity index (χ3n) is 4.10. The average Bonchev–Trinajstić information content (AvgIpc) is 2.66. The molecule has 0 aliphatic carbocycles. The number of methoxy groups -OCH3 is 1. The topological polar surface area (TPSA) is 89.8 Å². The van der Waals surface area contributed by atoms with Gasteiger partial charge in [-0.05, 0) is 35.0 Å². The Hall–Kier alpha value is -3.13. The largest absolute Gasteiger partial charge is 0.490 e. The molecule has 0 unspecified atom stereocenters. The van der Waals surface area contributed by atoms with E-state index in [0.717, 1.165) is 21.1 Å². The number of rotatable bonds is 5. The maximum absolute atomic E-state index is 12.9. The summed E-state index contributed by atoms with van der Waals surface area (Å²) in [6, 6.07) is 16.4. The molecule has 0 aromatic heterocycles. The van der Waals surface area contributed by atoms with Gasteiger partial charge in [0.15, 0.2) is 5.75 Å². The third kappa shape index (κ3) is 3.06. The summed E-state index contributed by atoms with van der Waals surface area (Å²) in [4.78, 5) is 10.3. The molecule has 8 heteroatoms. The zero-order chi connectivity index (χ0) is 18.9. The van der Waals surface area contributed by atoms with Crippen LogP contribution < -0.4 is 9.04 Å². The molecular formula is C18H16N2O5S. The molecule has 0 radical (unpaired) electrons. The lowest BCUT2D eigenvalue weighted by atomic mass is 10.1. The Morgan fingerprint density at radius 1 is 1.00 bits per heavy atom. The van der Waals surface area contributed by atoms with Gasteiger partial charge in [0.1, 0.15) is 0 Å². The van der Waals surface area contributed by atoms with Gasteiger partial charge in [-0.15, -0.1) is 0 Å². The normalized spacial score (nSPS) is 11.3. The number of nitrogens with zero attached hydrogens (tertiary/aromatic N) is 2. The van der Waals surface area contributed by atoms with E-state index in [-0.39, 0.29) is 10.6 Å². The van der Waals surface area contributed by atoms with Crippen molar-refractivity contribution in [2.75, 3.05) is 18.5 Å². The Bertz CT molecular complexity index is 1100. The lowest BCUT2D eigenvalue weighted by Crippen LogP contribution is -2.26. The summed E-state index contributed by atoms with van der Waals surface area (Å²) in [7, 11) is -1.27. The van der Waals surface area contributed by atoms with Gasteiger partial charge in [0, 0.05) is 13.1 Å². The lowest BCUT2D eigenvalue weighted by molar-refractivity contribution is -0.386. The van der Waals surface area contributed by atoms with Gasteiger partial charge in [0.2, 0.25) is 0 Å². The van der Waals surface area contributed by atoms with Crippen molar-refractivity contribution < 1.29 is 18.1 Å². The molecule has 0 heterocycles. The van der Waals surface area contributed by atoms with Crippen LogP contribution in [0.15, 0.2) is 65.6 Å². The summed E-state index contributed by atoms with van der Waals surface area (Å²) >= 11 is 0. The van der Waals surface area contributed by atoms with Crippen molar-refractivity contribution >= 4 is 32.2 Å². The van der Waals surface area contributed by atoms with Crippen molar-refractivity contribution in [2.45, 2.75) is 4.90 Å². The Morgan fingerprint density at radius 2 is 1.69 bits per heavy atom. The van der Waals surface area contributed by atoms with Gasteiger partial charge in [0.05, 0.1) is 22.6 Å². The Kier molecular flexibility index (Phi) is 4.52. The number of hydrogen-bond acceptors (Lipinski definition) is 5. The summed E-state index contributed by atoms with van der Waals surface area (Å²) in [5.41, 5.74) is 0.0580. The van der Waals surface area contributed by atoms with Gasteiger partial charge >= 0.3 is 5.69 Å². The predicted octanol–water partition coefficient (Wildman–Crippen LogP) is 3.58. The van der Waals surface area contributed by atoms with Crippen LogP contribution in [0.25, 0.3) is 10.8 Å². The first-order valence-corrected chi connectivity index (χ1v) is 9.09. The smallest absolute Gasteiger partial charge is 0.312 e. The summed E-state index contributed by atoms with van der Waals surface area (Å²) in [6.45, 7) is 0. The molecule has 0 saturated carbocycles. The SMILES string of the molecule is COc1ccc(S(=O)(=O)N(C)c2ccc3ccccc3c2)cc1[N+](=O)[O-]. The van der Waals surface area contributed by atoms with Crippen LogP contribution in [0, 0.1) is 10.1 Å². The van der Waals surface area contributed by atoms with Crippen LogP contribution in [0.2, 0.25) is 0 Å². The fourth-order valence-corrected chi connectivity index (χ4v) is 3.85. The van der Waals surface area contributed by atoms with Crippen molar-refractivity contribution in [3.05, 3.63) is 70.8 Å². The molecule has 26 heavy (non-hydrogen) atoms. The highest BCUT2D eigenvalue weighted by Crippen LogP contribution is 2.32. The first-order chi connectivity index (χ1) is 12.3. The second kappa shape index (κ2) is 6.64. The van der Waals surface area contributed by atoms with Crippen LogP contribution in [0.1, 0.15) is 0 Å². The van der Waals surface area contributed by atoms with E-state index in [1.807, 2.05) is 30.3 Å². The minimum absolute atomic E-state index is 0.00214. The maximum Gasteiger partial charge on any atom is 0.312 e. The molecule has 0 spiro atoms. The quantitative estimate of drug-likeness (QED) is 0.504. The van der Waals surface area contributed by atoms with Crippen LogP contribution in [-0.2, 0) is 10.0 Å². The van der Waals surface area contributed by atoms with Crippen LogP contribution >= 0.6 is 0 Å². The van der Waals surface area contributed by atoms with Crippen molar-refractivity contribution in [1.82, 2.24) is 0 Å². The summed E-state index contributed by atoms with van der Waals surface area (Å²) in [5.74, 6) is 0.00214. The first kappa shape index (κ1) is 17.7. The second-order valence-corrected chi connectivity index (χ2v) is 7.56. The van der Waals surface area contributed by atoms with Gasteiger partial charge < -0.3 is 4.74 Å². The number of hydrogen-bond donors (Lipinski definition) is 0. The van der Waals surface area contributed by atoms with Crippen LogP contribution in [0.5, 0.6) is 5.75 Å². The molecule has 3 aromatic carbocycles. The molecule has 0 bridgehead atoms. The molecule has 0 aliphatic rings. The van der Waals surface area contributed by atoms with Crippen molar-refractivity contribution in [1.29, 1.82) is 0 Å². The molecule has 0 atom stereocenters. The van der Waals surface area contributed by atoms with Crippen molar-refractivity contribution in [3.8, 4) is 5.75 Å². The van der Waals surface area contributed by atoms with Gasteiger partial charge in [-0.2, -0.15) is 0 Å². The van der Waals surface area contributed by atoms with Crippen molar-refractivity contribution in [2.24, 2.45) is 0 Å². The van der Waals surface area contributed by atoms with Crippen LogP contribution in [0.4, 0.5) is 11.4 Å². The lowest BCUT2D eigenvalue weighted by Gasteiger charge is -2.20. The first-order valence-electron chi connectivity index (χ1n) is 7.65. The monoisotopic (exact) mass is 372 g/mol. The molecule has 0 amide bonds. The van der Waals surface area contributed by atoms with Crippen molar-refractivity contribution in [3.63, 3.8) is 0 Å². The minimum Gasteiger partial charge on any atom is -0.490 e. The molecule has 134 valence electrons. The highest BCUT2D eigenvalue weighted by molar-refractivity contribution is 7.92. The highest BCUT2D eigenvalue weighted by atomic mass is 32.2. The number of sulfonamides is 1. The number of fused-ring (bicyclic) bond motifs is 1. The number of anilines is 1. The molecular weight excluding hydrogens is 356 g/mol. The van der Waals surface area contributed by atoms with E-state index in [4.69, 9.17) is 4.74 Å². The predicted molar refractivity (Wildman–Crippen MR) is 99.2 cm³/mol. The third-order valence-corrected chi connectivity index (χ3v) is 5.88. The molecule has 0 N–H and O–H groups in total. The Labute approximate surface area is 150 Å². The van der Waals surface area contributed by atoms with E-state index in [1.165, 1.54) is 26.3 Å². The van der Waals surface area contributed by atoms with E-state index in [9.17, 15) is 18.5 Å². The van der Waals surface area contributed by atoms with E-state index in [2.05, 4.69) is 0 Å². The fourth-order valence-electron chi connectivity index (χ4n) is 2.64. The van der Waals surface area contributed by atoms with E-state index >= 15 is 0 Å². The molecule has 3 rings (SSSR count). The zero-order valence-electron chi connectivity index (χ0n) is 14.1. The van der Waals surface area contributed by atoms with Gasteiger partial charge in [-0.1, -0.05) is 30.3 Å². The number of benzene rings is 3. The van der Waals surface area contributed by atoms with E-state index < -0.39 is 20.6 Å². The zero-order valence-corrected chi connectivity index (χ0v) is 14.9. The summed E-state index contributed by atoms with van der Waals surface area (Å²) < 4.78 is 31.8. The minimum atomic E-state index is -3.97. The average molecular weight is 372 g/mol. The van der Waals surface area contributed by atoms with Gasteiger partial charge in [-0.25, -0.2) is 8.42 Å². The summed E-state index contributed by atoms with van der Waals surface area (Å²) in [6.07, 6.45) is 0. The van der Waals surface area contributed by atoms with E-state index in [0.29, 0.717) is 5.69 Å². The molecule has 0 saturated heterocycles. The van der Waals surface area contributed by atoms with Gasteiger partial charge in [0.25, 0.3) is 10.0 Å². The second-order valence-electron chi connectivity index (χ2n) is 5.59. The molecule has 0 aliphatic heterocycles. The Morgan fingerprint density at radius 3 is 2.35 bits per heavy atom. The number of nitro benzene ring substituents is 1. The summed E-state index contributed by atoms with van der Waals surface area (Å²) in [5, 5.41) is 13.0. The standard InChI is InChI=1S/C18H16N2O5S/c1-19(15-8-7-13-5-3-4-6-14(13)11-15)26(23,24)16-9-10-18(25-2)17(12-16)20(21)22/h3-12H,1-2H3. The highest BCUT2D eigenvalue weighted by Gasteiger charge is 2.26. The maximum atomic E-state index is 12.9. The molecule has 7 nitrogen and oxygen atoms in total. The van der Waals surface area contributed by atoms with Gasteiger partial charge in [-0.3, -0.25) is 14.4 Å². The van der Waals surface area contributed by atoms with Crippen LogP contribution in [-0.4, -0.2) is 27.5 Å². The fraction of sp³-hybridized carbons (Fsp3) is 0.111. The van der Waals surface area contributed by atoms with Crippen LogP contribution in [0.3, 0.4) is 0 Å². The van der Waals surface area contributed by atoms with E-state index in [1.54, 1.807) is 12.1 Å². The Balaban J connectivity index is 2.06. The number of nitro groups is 1. The molecule has 0 fully saturated rings. The number of ether oxygens (including phenoxy) is 1.